The molecule has 0 spiro atoms. The van der Waals surface area contributed by atoms with Crippen LogP contribution < -0.4 is 4.90 Å². The Morgan fingerprint density at radius 1 is 1.00 bits per heavy atom. The van der Waals surface area contributed by atoms with Crippen LogP contribution >= 0.6 is 11.3 Å². The number of aliphatic hydroxyl groups excluding tert-OH is 3. The normalized spacial score (nSPS) is 28.5. The van der Waals surface area contributed by atoms with Gasteiger partial charge in [-0.2, -0.15) is 13.2 Å². The van der Waals surface area contributed by atoms with Gasteiger partial charge in [0.15, 0.2) is 10.9 Å². The number of carbonyl (C=O) groups is 2. The summed E-state index contributed by atoms with van der Waals surface area (Å²) in [5.41, 5.74) is -0.410. The van der Waals surface area contributed by atoms with Gasteiger partial charge in [0.25, 0.3) is 0 Å². The van der Waals surface area contributed by atoms with Crippen molar-refractivity contribution in [3.05, 3.63) is 64.7 Å². The molecule has 288 valence electrons. The lowest BCUT2D eigenvalue weighted by atomic mass is 9.97. The number of carbonyl (C=O) groups excluding carboxylic acids is 1. The first kappa shape index (κ1) is 36.8. The van der Waals surface area contributed by atoms with Gasteiger partial charge in [-0.1, -0.05) is 34.7 Å². The predicted octanol–water partition coefficient (Wildman–Crippen LogP) is 5.14. The van der Waals surface area contributed by atoms with E-state index in [-0.39, 0.29) is 53.0 Å². The molecule has 3 aliphatic heterocycles. The van der Waals surface area contributed by atoms with Gasteiger partial charge in [-0.05, 0) is 56.7 Å². The Hall–Kier alpha value is -4.20. The Kier molecular flexibility index (Phi) is 9.63. The number of halogens is 4. The summed E-state index contributed by atoms with van der Waals surface area (Å²) in [4.78, 5) is 30.9. The number of rotatable bonds is 10. The number of hydrogen-bond acceptors (Lipinski definition) is 13. The summed E-state index contributed by atoms with van der Waals surface area (Å²) in [6.45, 7) is 0.0366. The van der Waals surface area contributed by atoms with Crippen LogP contribution in [0.4, 0.5) is 22.7 Å². The number of hydrogen-bond donors (Lipinski definition) is 4. The molecule has 1 saturated carbocycles. The standard InChI is InChI=1S/C36H35F4N3O10S/c37-23-9-16(33(49)52-34-31(48)30(47)29(46)24(51-34)13-26(44)45)10-25-28(23)41-35(54-25)43-17-7-8-18(43)12-19(11-17)50-14-21-27(42-53-32(21)15-5-6-15)20-3-1-2-4-22(20)36(38,39)40/h1-4,9-10,15,17-19,24,29-31,34,46-48H,5-8,11-14H2,(H,44,45). The maximum atomic E-state index is 15.4. The Morgan fingerprint density at radius 3 is 2.41 bits per heavy atom. The molecule has 0 amide bonds. The topological polar surface area (TPSA) is 185 Å². The van der Waals surface area contributed by atoms with Gasteiger partial charge in [0.05, 0.1) is 35.0 Å². The van der Waals surface area contributed by atoms with Crippen LogP contribution in [0, 0.1) is 5.82 Å². The van der Waals surface area contributed by atoms with E-state index in [4.69, 9.17) is 23.8 Å². The third-order valence-electron chi connectivity index (χ3n) is 10.6. The fourth-order valence-corrected chi connectivity index (χ4v) is 8.95. The average molecular weight is 778 g/mol. The minimum Gasteiger partial charge on any atom is -0.481 e. The zero-order valence-electron chi connectivity index (χ0n) is 28.3. The van der Waals surface area contributed by atoms with Gasteiger partial charge in [0.1, 0.15) is 41.4 Å². The minimum absolute atomic E-state index is 0.0110. The van der Waals surface area contributed by atoms with Crippen LogP contribution in [0.3, 0.4) is 0 Å². The molecule has 13 nitrogen and oxygen atoms in total. The number of esters is 1. The van der Waals surface area contributed by atoms with Crippen LogP contribution in [0.5, 0.6) is 0 Å². The number of thiazole rings is 1. The van der Waals surface area contributed by atoms with E-state index in [1.807, 2.05) is 0 Å². The molecule has 4 N–H and O–H groups in total. The van der Waals surface area contributed by atoms with Gasteiger partial charge < -0.3 is 44.1 Å². The average Bonchev–Trinajstić information content (AvgIpc) is 3.64. The molecule has 7 atom stereocenters. The van der Waals surface area contributed by atoms with Crippen molar-refractivity contribution in [3.63, 3.8) is 0 Å². The van der Waals surface area contributed by atoms with Crippen LogP contribution in [0.2, 0.25) is 0 Å². The molecule has 2 bridgehead atoms. The number of anilines is 1. The lowest BCUT2D eigenvalue weighted by Crippen LogP contribution is -2.58. The smallest absolute Gasteiger partial charge is 0.417 e. The number of ether oxygens (including phenoxy) is 3. The maximum Gasteiger partial charge on any atom is 0.417 e. The van der Waals surface area contributed by atoms with E-state index in [1.54, 1.807) is 0 Å². The second kappa shape index (κ2) is 14.1. The minimum atomic E-state index is -4.58. The van der Waals surface area contributed by atoms with E-state index in [1.165, 1.54) is 35.6 Å². The summed E-state index contributed by atoms with van der Waals surface area (Å²) in [5, 5.41) is 44.3. The van der Waals surface area contributed by atoms with Crippen LogP contribution in [0.1, 0.15) is 78.1 Å². The highest BCUT2D eigenvalue weighted by atomic mass is 32.1. The number of benzene rings is 2. The van der Waals surface area contributed by atoms with Crippen LogP contribution in [-0.4, -0.2) is 91.4 Å². The first-order valence-corrected chi connectivity index (χ1v) is 18.4. The molecule has 18 heteroatoms. The van der Waals surface area contributed by atoms with Crippen molar-refractivity contribution in [2.75, 3.05) is 4.90 Å². The molecule has 5 heterocycles. The summed E-state index contributed by atoms with van der Waals surface area (Å²) in [6, 6.07) is 7.55. The lowest BCUT2D eigenvalue weighted by molar-refractivity contribution is -0.280. The number of aromatic nitrogens is 2. The second-order valence-electron chi connectivity index (χ2n) is 14.2. The molecule has 2 aromatic heterocycles. The van der Waals surface area contributed by atoms with Gasteiger partial charge in [-0.3, -0.25) is 4.79 Å². The van der Waals surface area contributed by atoms with E-state index in [9.17, 15) is 38.1 Å². The fraction of sp³-hybridized carbons (Fsp3) is 0.500. The highest BCUT2D eigenvalue weighted by Gasteiger charge is 2.47. The summed E-state index contributed by atoms with van der Waals surface area (Å²) in [5.74, 6) is -2.63. The molecule has 8 rings (SSSR count). The monoisotopic (exact) mass is 777 g/mol. The SMILES string of the molecule is O=C(O)CC1OC(OC(=O)c2cc(F)c3nc(N4C5CCC4CC(OCc4c(-c6ccccc6C(F)(F)F)noc4C4CC4)C5)sc3c2)C(O)C(O)C1O. The van der Waals surface area contributed by atoms with E-state index < -0.39 is 66.6 Å². The number of nitrogens with zero attached hydrogens (tertiary/aromatic N) is 3. The van der Waals surface area contributed by atoms with Crippen LogP contribution in [0.15, 0.2) is 40.9 Å². The Balaban J connectivity index is 0.962. The van der Waals surface area contributed by atoms with Gasteiger partial charge in [-0.15, -0.1) is 0 Å². The number of aliphatic carboxylic acids is 1. The fourth-order valence-electron chi connectivity index (χ4n) is 7.79. The van der Waals surface area contributed by atoms with Crippen molar-refractivity contribution in [1.29, 1.82) is 0 Å². The van der Waals surface area contributed by atoms with Crippen LogP contribution in [0.25, 0.3) is 21.5 Å². The highest BCUT2D eigenvalue weighted by molar-refractivity contribution is 7.22. The largest absolute Gasteiger partial charge is 0.481 e. The maximum absolute atomic E-state index is 15.4. The number of fused-ring (bicyclic) bond motifs is 3. The summed E-state index contributed by atoms with van der Waals surface area (Å²) in [7, 11) is 0. The van der Waals surface area contributed by atoms with Gasteiger partial charge in [0, 0.05) is 29.1 Å². The van der Waals surface area contributed by atoms with Gasteiger partial charge in [-0.25, -0.2) is 14.2 Å². The molecule has 54 heavy (non-hydrogen) atoms. The molecule has 4 aromatic rings. The Bertz CT molecular complexity index is 2060. The van der Waals surface area contributed by atoms with Crippen molar-refractivity contribution < 1.29 is 66.3 Å². The summed E-state index contributed by atoms with van der Waals surface area (Å²) in [6.07, 6.45) is -9.81. The summed E-state index contributed by atoms with van der Waals surface area (Å²) < 4.78 is 80.0. The first-order chi connectivity index (χ1) is 25.8. The summed E-state index contributed by atoms with van der Waals surface area (Å²) >= 11 is 1.17. The third-order valence-corrected chi connectivity index (χ3v) is 11.6. The van der Waals surface area contributed by atoms with Crippen molar-refractivity contribution in [1.82, 2.24) is 10.1 Å². The third kappa shape index (κ3) is 6.94. The molecule has 4 aliphatic rings. The predicted molar refractivity (Wildman–Crippen MR) is 180 cm³/mol. The Labute approximate surface area is 308 Å². The quantitative estimate of drug-likeness (QED) is 0.123. The molecule has 7 unspecified atom stereocenters. The first-order valence-electron chi connectivity index (χ1n) is 17.5. The molecular formula is C36H35F4N3O10S. The number of aliphatic hydroxyl groups is 3. The van der Waals surface area contributed by atoms with Gasteiger partial charge >= 0.3 is 18.1 Å². The zero-order valence-corrected chi connectivity index (χ0v) is 29.1. The van der Waals surface area contributed by atoms with Gasteiger partial charge in [0.2, 0.25) is 6.29 Å². The van der Waals surface area contributed by atoms with E-state index in [0.717, 1.165) is 37.8 Å². The lowest BCUT2D eigenvalue weighted by Gasteiger charge is -2.39. The molecule has 0 radical (unpaired) electrons. The van der Waals surface area contributed by atoms with E-state index in [0.29, 0.717) is 34.0 Å². The van der Waals surface area contributed by atoms with Crippen molar-refractivity contribution in [3.8, 4) is 11.3 Å². The van der Waals surface area contributed by atoms with Crippen LogP contribution in [-0.2, 0) is 31.8 Å². The zero-order chi connectivity index (χ0) is 38.1. The highest BCUT2D eigenvalue weighted by Crippen LogP contribution is 2.47. The number of piperidine rings is 1. The molecule has 2 aromatic carbocycles. The number of alkyl halides is 3. The van der Waals surface area contributed by atoms with Crippen molar-refractivity contribution in [2.24, 2.45) is 0 Å². The molecule has 3 saturated heterocycles. The molecular weight excluding hydrogens is 742 g/mol. The van der Waals surface area contributed by atoms with E-state index in [2.05, 4.69) is 15.0 Å². The molecule has 1 aliphatic carbocycles. The van der Waals surface area contributed by atoms with E-state index >= 15 is 4.39 Å². The number of carboxylic acid groups (broad SMARTS) is 1. The second-order valence-corrected chi connectivity index (χ2v) is 15.2. The molecule has 4 fully saturated rings. The number of carboxylic acids is 1. The Morgan fingerprint density at radius 2 is 1.72 bits per heavy atom. The van der Waals surface area contributed by atoms with Crippen molar-refractivity contribution in [2.45, 2.75) is 113 Å². The van der Waals surface area contributed by atoms with Crippen molar-refractivity contribution >= 4 is 38.6 Å².